The summed E-state index contributed by atoms with van der Waals surface area (Å²) in [4.78, 5) is 17.4. The van der Waals surface area contributed by atoms with E-state index in [1.54, 1.807) is 6.20 Å². The first-order chi connectivity index (χ1) is 11.3. The average Bonchev–Trinajstić information content (AvgIpc) is 3.04. The van der Waals surface area contributed by atoms with Crippen molar-refractivity contribution in [2.75, 3.05) is 18.4 Å². The van der Waals surface area contributed by atoms with E-state index in [0.29, 0.717) is 11.7 Å². The molecule has 1 aromatic carbocycles. The van der Waals surface area contributed by atoms with Gasteiger partial charge in [-0.15, -0.1) is 0 Å². The van der Waals surface area contributed by atoms with Gasteiger partial charge in [0.25, 0.3) is 0 Å². The molecular formula is C16H21N5OS. The number of carbonyl (C=O) groups excluding carboxylic acids is 1. The molecule has 1 aromatic heterocycles. The molecule has 1 aliphatic rings. The van der Waals surface area contributed by atoms with Crippen molar-refractivity contribution in [2.24, 2.45) is 5.73 Å². The molecule has 0 bridgehead atoms. The third-order valence-electron chi connectivity index (χ3n) is 3.93. The summed E-state index contributed by atoms with van der Waals surface area (Å²) in [6.45, 7) is 1.39. The SMILES string of the molecule is NCC1CCCCN1NC(=O)Nc1ncc(-c2ccccc2)s1. The van der Waals surface area contributed by atoms with E-state index in [4.69, 9.17) is 5.73 Å². The highest BCUT2D eigenvalue weighted by molar-refractivity contribution is 7.19. The minimum Gasteiger partial charge on any atom is -0.329 e. The second kappa shape index (κ2) is 7.54. The number of aromatic nitrogens is 1. The number of urea groups is 1. The van der Waals surface area contributed by atoms with E-state index in [9.17, 15) is 4.79 Å². The van der Waals surface area contributed by atoms with Crippen molar-refractivity contribution >= 4 is 22.5 Å². The first-order valence-corrected chi connectivity index (χ1v) is 8.63. The summed E-state index contributed by atoms with van der Waals surface area (Å²) in [7, 11) is 0. The standard InChI is InChI=1S/C16H21N5OS/c17-10-13-8-4-5-9-21(13)20-15(22)19-16-18-11-14(23-16)12-6-2-1-3-7-12/h1-3,6-7,11,13H,4-5,8-10,17H2,(H2,18,19,20,22). The van der Waals surface area contributed by atoms with Gasteiger partial charge in [0.1, 0.15) is 0 Å². The van der Waals surface area contributed by atoms with Crippen LogP contribution in [0.5, 0.6) is 0 Å². The van der Waals surface area contributed by atoms with Gasteiger partial charge in [0, 0.05) is 25.3 Å². The second-order valence-electron chi connectivity index (χ2n) is 5.54. The Labute approximate surface area is 139 Å². The molecule has 0 saturated carbocycles. The number of hydrogen-bond acceptors (Lipinski definition) is 5. The van der Waals surface area contributed by atoms with Gasteiger partial charge in [-0.3, -0.25) is 10.7 Å². The number of rotatable bonds is 4. The molecule has 1 fully saturated rings. The molecule has 7 heteroatoms. The molecule has 0 aliphatic carbocycles. The Balaban J connectivity index is 1.59. The largest absolute Gasteiger partial charge is 0.335 e. The van der Waals surface area contributed by atoms with E-state index in [1.165, 1.54) is 11.3 Å². The smallest absolute Gasteiger partial charge is 0.329 e. The topological polar surface area (TPSA) is 83.3 Å². The molecule has 23 heavy (non-hydrogen) atoms. The summed E-state index contributed by atoms with van der Waals surface area (Å²) in [5, 5.41) is 5.32. The number of nitrogens with two attached hydrogens (primary N) is 1. The summed E-state index contributed by atoms with van der Waals surface area (Å²) in [5.74, 6) is 0. The first-order valence-electron chi connectivity index (χ1n) is 7.82. The Morgan fingerprint density at radius 3 is 2.96 bits per heavy atom. The monoisotopic (exact) mass is 331 g/mol. The van der Waals surface area contributed by atoms with E-state index in [0.717, 1.165) is 36.2 Å². The Kier molecular flexibility index (Phi) is 5.22. The van der Waals surface area contributed by atoms with Crippen molar-refractivity contribution in [3.63, 3.8) is 0 Å². The van der Waals surface area contributed by atoms with Crippen LogP contribution < -0.4 is 16.5 Å². The Bertz CT molecular complexity index is 645. The van der Waals surface area contributed by atoms with Crippen LogP contribution in [0, 0.1) is 0 Å². The van der Waals surface area contributed by atoms with Crippen LogP contribution in [0.15, 0.2) is 36.5 Å². The summed E-state index contributed by atoms with van der Waals surface area (Å²) >= 11 is 1.46. The predicted molar refractivity (Wildman–Crippen MR) is 93.1 cm³/mol. The van der Waals surface area contributed by atoms with Crippen molar-refractivity contribution in [1.29, 1.82) is 0 Å². The highest BCUT2D eigenvalue weighted by Crippen LogP contribution is 2.28. The lowest BCUT2D eigenvalue weighted by Crippen LogP contribution is -2.54. The lowest BCUT2D eigenvalue weighted by Gasteiger charge is -2.34. The number of piperidine rings is 1. The summed E-state index contributed by atoms with van der Waals surface area (Å²) < 4.78 is 0. The van der Waals surface area contributed by atoms with Crippen LogP contribution in [0.1, 0.15) is 19.3 Å². The minimum atomic E-state index is -0.265. The van der Waals surface area contributed by atoms with Gasteiger partial charge in [0.2, 0.25) is 0 Å². The molecule has 122 valence electrons. The number of thiazole rings is 1. The molecule has 3 rings (SSSR count). The Hall–Kier alpha value is -1.96. The molecule has 2 aromatic rings. The zero-order valence-electron chi connectivity index (χ0n) is 12.9. The van der Waals surface area contributed by atoms with Crippen molar-refractivity contribution in [1.82, 2.24) is 15.4 Å². The van der Waals surface area contributed by atoms with Crippen molar-refractivity contribution in [3.05, 3.63) is 36.5 Å². The number of benzene rings is 1. The van der Waals surface area contributed by atoms with E-state index in [2.05, 4.69) is 15.7 Å². The minimum absolute atomic E-state index is 0.214. The highest BCUT2D eigenvalue weighted by atomic mass is 32.1. The van der Waals surface area contributed by atoms with Gasteiger partial charge in [-0.05, 0) is 18.4 Å². The fourth-order valence-electron chi connectivity index (χ4n) is 2.72. The molecule has 2 heterocycles. The van der Waals surface area contributed by atoms with Crippen LogP contribution in [-0.4, -0.2) is 35.2 Å². The molecular weight excluding hydrogens is 310 g/mol. The van der Waals surface area contributed by atoms with Gasteiger partial charge in [0.15, 0.2) is 5.13 Å². The molecule has 2 amide bonds. The number of anilines is 1. The first kappa shape index (κ1) is 15.9. The van der Waals surface area contributed by atoms with E-state index in [-0.39, 0.29) is 12.1 Å². The van der Waals surface area contributed by atoms with Gasteiger partial charge in [0.05, 0.1) is 4.88 Å². The predicted octanol–water partition coefficient (Wildman–Crippen LogP) is 2.66. The maximum atomic E-state index is 12.1. The van der Waals surface area contributed by atoms with Crippen LogP contribution >= 0.6 is 11.3 Å². The van der Waals surface area contributed by atoms with Crippen molar-refractivity contribution in [3.8, 4) is 10.4 Å². The molecule has 4 N–H and O–H groups in total. The van der Waals surface area contributed by atoms with Crippen LogP contribution in [0.3, 0.4) is 0 Å². The molecule has 6 nitrogen and oxygen atoms in total. The normalized spacial score (nSPS) is 18.6. The second-order valence-corrected chi connectivity index (χ2v) is 6.57. The fourth-order valence-corrected chi connectivity index (χ4v) is 3.53. The summed E-state index contributed by atoms with van der Waals surface area (Å²) in [5.41, 5.74) is 9.75. The quantitative estimate of drug-likeness (QED) is 0.804. The Morgan fingerprint density at radius 1 is 1.35 bits per heavy atom. The zero-order chi connectivity index (χ0) is 16.1. The molecule has 1 aliphatic heterocycles. The number of amides is 2. The van der Waals surface area contributed by atoms with E-state index >= 15 is 0 Å². The van der Waals surface area contributed by atoms with E-state index in [1.807, 2.05) is 35.3 Å². The fraction of sp³-hybridized carbons (Fsp3) is 0.375. The van der Waals surface area contributed by atoms with Gasteiger partial charge in [-0.2, -0.15) is 0 Å². The average molecular weight is 331 g/mol. The number of nitrogens with zero attached hydrogens (tertiary/aromatic N) is 2. The zero-order valence-corrected chi connectivity index (χ0v) is 13.7. The molecule has 0 radical (unpaired) electrons. The Morgan fingerprint density at radius 2 is 2.17 bits per heavy atom. The van der Waals surface area contributed by atoms with Crippen LogP contribution in [-0.2, 0) is 0 Å². The van der Waals surface area contributed by atoms with Crippen LogP contribution in [0.25, 0.3) is 10.4 Å². The number of hydrogen-bond donors (Lipinski definition) is 3. The number of carbonyl (C=O) groups is 1. The maximum absolute atomic E-state index is 12.1. The molecule has 1 saturated heterocycles. The third-order valence-corrected chi connectivity index (χ3v) is 4.89. The van der Waals surface area contributed by atoms with Crippen molar-refractivity contribution in [2.45, 2.75) is 25.3 Å². The lowest BCUT2D eigenvalue weighted by molar-refractivity contribution is 0.105. The molecule has 1 atom stereocenters. The molecule has 0 spiro atoms. The van der Waals surface area contributed by atoms with Gasteiger partial charge < -0.3 is 5.73 Å². The van der Waals surface area contributed by atoms with Crippen LogP contribution in [0.2, 0.25) is 0 Å². The summed E-state index contributed by atoms with van der Waals surface area (Å²) in [6.07, 6.45) is 5.03. The highest BCUT2D eigenvalue weighted by Gasteiger charge is 2.22. The van der Waals surface area contributed by atoms with Crippen molar-refractivity contribution < 1.29 is 4.79 Å². The van der Waals surface area contributed by atoms with Gasteiger partial charge >= 0.3 is 6.03 Å². The summed E-state index contributed by atoms with van der Waals surface area (Å²) in [6, 6.07) is 9.94. The van der Waals surface area contributed by atoms with Gasteiger partial charge in [-0.1, -0.05) is 48.1 Å². The van der Waals surface area contributed by atoms with E-state index < -0.39 is 0 Å². The lowest BCUT2D eigenvalue weighted by atomic mass is 10.0. The third kappa shape index (κ3) is 4.07. The number of nitrogens with one attached hydrogen (secondary N) is 2. The van der Waals surface area contributed by atoms with Crippen LogP contribution in [0.4, 0.5) is 9.93 Å². The van der Waals surface area contributed by atoms with Gasteiger partial charge in [-0.25, -0.2) is 14.8 Å². The maximum Gasteiger partial charge on any atom is 0.335 e. The number of hydrazine groups is 1. The molecule has 1 unspecified atom stereocenters.